The predicted octanol–water partition coefficient (Wildman–Crippen LogP) is 3.99. The van der Waals surface area contributed by atoms with Gasteiger partial charge in [0.25, 0.3) is 0 Å². The molecular weight excluding hydrogens is 330 g/mol. The second kappa shape index (κ2) is 7.00. The van der Waals surface area contributed by atoms with Gasteiger partial charge in [-0.2, -0.15) is 0 Å². The minimum Gasteiger partial charge on any atom is -0.493 e. The second-order valence-electron chi connectivity index (χ2n) is 6.28. The molecule has 1 aliphatic heterocycles. The van der Waals surface area contributed by atoms with Crippen molar-refractivity contribution in [2.24, 2.45) is 0 Å². The lowest BCUT2D eigenvalue weighted by Gasteiger charge is -2.27. The molecule has 4 rings (SSSR count). The summed E-state index contributed by atoms with van der Waals surface area (Å²) in [5.41, 5.74) is 2.78. The number of hydrogen-bond donors (Lipinski definition) is 2. The summed E-state index contributed by atoms with van der Waals surface area (Å²) in [7, 11) is 1.62. The Morgan fingerprint density at radius 3 is 3.08 bits per heavy atom. The van der Waals surface area contributed by atoms with E-state index in [2.05, 4.69) is 10.3 Å². The van der Waals surface area contributed by atoms with Crippen LogP contribution in [0.25, 0.3) is 10.9 Å². The summed E-state index contributed by atoms with van der Waals surface area (Å²) in [5, 5.41) is 4.07. The number of anilines is 1. The molecule has 0 saturated heterocycles. The van der Waals surface area contributed by atoms with Crippen molar-refractivity contribution in [3.63, 3.8) is 0 Å². The third-order valence-electron chi connectivity index (χ3n) is 4.55. The number of nitrogens with one attached hydrogen (secondary N) is 2. The molecule has 0 radical (unpaired) electrons. The average Bonchev–Trinajstić information content (AvgIpc) is 3.09. The first kappa shape index (κ1) is 16.3. The monoisotopic (exact) mass is 351 g/mol. The van der Waals surface area contributed by atoms with E-state index >= 15 is 0 Å². The van der Waals surface area contributed by atoms with Gasteiger partial charge in [-0.25, -0.2) is 4.79 Å². The van der Waals surface area contributed by atoms with Gasteiger partial charge in [0.2, 0.25) is 0 Å². The third kappa shape index (κ3) is 3.18. The summed E-state index contributed by atoms with van der Waals surface area (Å²) < 4.78 is 11.2. The number of amides is 2. The van der Waals surface area contributed by atoms with Gasteiger partial charge in [-0.3, -0.25) is 0 Å². The lowest BCUT2D eigenvalue weighted by molar-refractivity contribution is 0.191. The highest BCUT2D eigenvalue weighted by atomic mass is 16.5. The number of carbonyl (C=O) groups is 1. The summed E-state index contributed by atoms with van der Waals surface area (Å²) >= 11 is 0. The van der Waals surface area contributed by atoms with Crippen LogP contribution in [0.1, 0.15) is 12.0 Å². The number of methoxy groups -OCH3 is 1. The molecule has 2 heterocycles. The molecule has 0 bridgehead atoms. The molecule has 0 unspecified atom stereocenters. The molecule has 0 atom stereocenters. The number of nitrogens with zero attached hydrogens (tertiary/aromatic N) is 1. The van der Waals surface area contributed by atoms with Crippen molar-refractivity contribution < 1.29 is 14.3 Å². The number of rotatable bonds is 2. The summed E-state index contributed by atoms with van der Waals surface area (Å²) in [6.07, 6.45) is 2.65. The first-order chi connectivity index (χ1) is 12.7. The maximum atomic E-state index is 12.8. The molecule has 2 aromatic carbocycles. The molecule has 6 heteroatoms. The van der Waals surface area contributed by atoms with Gasteiger partial charge in [0.05, 0.1) is 20.3 Å². The molecule has 0 spiro atoms. The van der Waals surface area contributed by atoms with Crippen LogP contribution in [0.4, 0.5) is 10.5 Å². The molecule has 2 amide bonds. The van der Waals surface area contributed by atoms with E-state index in [4.69, 9.17) is 9.47 Å². The molecule has 1 aromatic heterocycles. The molecule has 0 aliphatic carbocycles. The summed E-state index contributed by atoms with van der Waals surface area (Å²) in [6, 6.07) is 13.5. The van der Waals surface area contributed by atoms with Crippen LogP contribution in [0.2, 0.25) is 0 Å². The van der Waals surface area contributed by atoms with Crippen molar-refractivity contribution in [3.05, 3.63) is 54.2 Å². The van der Waals surface area contributed by atoms with E-state index in [1.54, 1.807) is 7.11 Å². The molecule has 134 valence electrons. The van der Waals surface area contributed by atoms with E-state index in [1.807, 2.05) is 53.6 Å². The Morgan fingerprint density at radius 1 is 1.27 bits per heavy atom. The number of carbonyl (C=O) groups excluding carboxylic acids is 1. The maximum Gasteiger partial charge on any atom is 0.322 e. The summed E-state index contributed by atoms with van der Waals surface area (Å²) in [5.74, 6) is 1.42. The van der Waals surface area contributed by atoms with Crippen LogP contribution in [0, 0.1) is 0 Å². The van der Waals surface area contributed by atoms with Gasteiger partial charge in [0, 0.05) is 34.9 Å². The van der Waals surface area contributed by atoms with Crippen molar-refractivity contribution >= 4 is 22.6 Å². The van der Waals surface area contributed by atoms with E-state index in [1.165, 1.54) is 0 Å². The van der Waals surface area contributed by atoms with E-state index in [0.29, 0.717) is 25.4 Å². The van der Waals surface area contributed by atoms with E-state index in [9.17, 15) is 4.79 Å². The minimum atomic E-state index is -0.115. The third-order valence-corrected chi connectivity index (χ3v) is 4.55. The van der Waals surface area contributed by atoms with Crippen LogP contribution in [-0.2, 0) is 6.54 Å². The molecular formula is C20H21N3O3. The summed E-state index contributed by atoms with van der Waals surface area (Å²) in [4.78, 5) is 17.8. The Morgan fingerprint density at radius 2 is 2.19 bits per heavy atom. The number of para-hydroxylation sites is 1. The SMILES string of the molecule is COc1cccc2c1OCCCN(C(=O)Nc1ccc3[nH]ccc3c1)C2. The zero-order valence-electron chi connectivity index (χ0n) is 14.6. The van der Waals surface area contributed by atoms with Crippen LogP contribution < -0.4 is 14.8 Å². The highest BCUT2D eigenvalue weighted by Gasteiger charge is 2.21. The summed E-state index contributed by atoms with van der Waals surface area (Å²) in [6.45, 7) is 1.66. The number of ether oxygens (including phenoxy) is 2. The molecule has 6 nitrogen and oxygen atoms in total. The van der Waals surface area contributed by atoms with E-state index in [0.717, 1.165) is 34.3 Å². The van der Waals surface area contributed by atoms with Gasteiger partial charge in [-0.15, -0.1) is 0 Å². The normalized spacial score (nSPS) is 14.1. The molecule has 0 fully saturated rings. The maximum absolute atomic E-state index is 12.8. The first-order valence-corrected chi connectivity index (χ1v) is 8.66. The largest absolute Gasteiger partial charge is 0.493 e. The molecule has 0 saturated carbocycles. The molecule has 26 heavy (non-hydrogen) atoms. The van der Waals surface area contributed by atoms with E-state index < -0.39 is 0 Å². The van der Waals surface area contributed by atoms with Crippen molar-refractivity contribution in [2.45, 2.75) is 13.0 Å². The van der Waals surface area contributed by atoms with Crippen molar-refractivity contribution in [3.8, 4) is 11.5 Å². The van der Waals surface area contributed by atoms with Crippen LogP contribution in [0.15, 0.2) is 48.7 Å². The molecule has 3 aromatic rings. The Labute approximate surface area is 151 Å². The Bertz CT molecular complexity index is 935. The lowest BCUT2D eigenvalue weighted by Crippen LogP contribution is -2.37. The van der Waals surface area contributed by atoms with Gasteiger partial charge in [-0.05, 0) is 36.8 Å². The fraction of sp³-hybridized carbons (Fsp3) is 0.250. The lowest BCUT2D eigenvalue weighted by atomic mass is 10.1. The number of fused-ring (bicyclic) bond motifs is 2. The standard InChI is InChI=1S/C20H21N3O3/c1-25-18-5-2-4-15-13-23(10-3-11-26-19(15)18)20(24)22-16-6-7-17-14(12-16)8-9-21-17/h2,4-9,12,21H,3,10-11,13H2,1H3,(H,22,24). The second-order valence-corrected chi connectivity index (χ2v) is 6.28. The van der Waals surface area contributed by atoms with Crippen molar-refractivity contribution in [2.75, 3.05) is 25.6 Å². The van der Waals surface area contributed by atoms with Crippen LogP contribution in [0.5, 0.6) is 11.5 Å². The Kier molecular flexibility index (Phi) is 4.39. The van der Waals surface area contributed by atoms with Crippen LogP contribution in [-0.4, -0.2) is 36.2 Å². The first-order valence-electron chi connectivity index (χ1n) is 8.66. The van der Waals surface area contributed by atoms with Gasteiger partial charge < -0.3 is 24.7 Å². The van der Waals surface area contributed by atoms with Gasteiger partial charge >= 0.3 is 6.03 Å². The number of benzene rings is 2. The average molecular weight is 351 g/mol. The fourth-order valence-corrected chi connectivity index (χ4v) is 3.23. The van der Waals surface area contributed by atoms with Crippen LogP contribution >= 0.6 is 0 Å². The Balaban J connectivity index is 1.54. The number of aromatic nitrogens is 1. The fourth-order valence-electron chi connectivity index (χ4n) is 3.23. The van der Waals surface area contributed by atoms with Crippen molar-refractivity contribution in [1.29, 1.82) is 0 Å². The highest BCUT2D eigenvalue weighted by Crippen LogP contribution is 2.33. The smallest absolute Gasteiger partial charge is 0.322 e. The number of urea groups is 1. The quantitative estimate of drug-likeness (QED) is 0.733. The number of aromatic amines is 1. The molecule has 2 N–H and O–H groups in total. The zero-order valence-corrected chi connectivity index (χ0v) is 14.6. The van der Waals surface area contributed by atoms with Crippen LogP contribution in [0.3, 0.4) is 0 Å². The number of H-pyrrole nitrogens is 1. The molecule has 1 aliphatic rings. The van der Waals surface area contributed by atoms with Crippen molar-refractivity contribution in [1.82, 2.24) is 9.88 Å². The van der Waals surface area contributed by atoms with Gasteiger partial charge in [0.15, 0.2) is 11.5 Å². The topological polar surface area (TPSA) is 66.6 Å². The minimum absolute atomic E-state index is 0.115. The number of hydrogen-bond acceptors (Lipinski definition) is 3. The van der Waals surface area contributed by atoms with Gasteiger partial charge in [0.1, 0.15) is 0 Å². The zero-order chi connectivity index (χ0) is 17.9. The van der Waals surface area contributed by atoms with E-state index in [-0.39, 0.29) is 6.03 Å². The highest BCUT2D eigenvalue weighted by molar-refractivity contribution is 5.92. The van der Waals surface area contributed by atoms with Gasteiger partial charge in [-0.1, -0.05) is 12.1 Å². The predicted molar refractivity (Wildman–Crippen MR) is 101 cm³/mol. The Hall–Kier alpha value is -3.15.